The summed E-state index contributed by atoms with van der Waals surface area (Å²) in [7, 11) is 0. The van der Waals surface area contributed by atoms with Crippen LogP contribution in [0.1, 0.15) is 23.9 Å². The van der Waals surface area contributed by atoms with Gasteiger partial charge in [-0.15, -0.1) is 0 Å². The van der Waals surface area contributed by atoms with E-state index in [0.717, 1.165) is 0 Å². The van der Waals surface area contributed by atoms with E-state index in [4.69, 9.17) is 4.42 Å². The first-order valence-corrected chi connectivity index (χ1v) is 8.91. The second kappa shape index (κ2) is 10.2. The molecule has 0 aromatic carbocycles. The van der Waals surface area contributed by atoms with Crippen LogP contribution in [-0.4, -0.2) is 80.3 Å². The second-order valence-corrected chi connectivity index (χ2v) is 6.01. The predicted octanol–water partition coefficient (Wildman–Crippen LogP) is 1.97. The van der Waals surface area contributed by atoms with Gasteiger partial charge in [-0.1, -0.05) is 0 Å². The van der Waals surface area contributed by atoms with Crippen LogP contribution in [0.15, 0.2) is 27.8 Å². The van der Waals surface area contributed by atoms with Gasteiger partial charge in [0.15, 0.2) is 11.7 Å². The van der Waals surface area contributed by atoms with Crippen LogP contribution in [0.4, 0.5) is 13.2 Å². The summed E-state index contributed by atoms with van der Waals surface area (Å²) >= 11 is 0. The minimum atomic E-state index is -4.30. The van der Waals surface area contributed by atoms with Gasteiger partial charge in [0.2, 0.25) is 0 Å². The lowest BCUT2D eigenvalue weighted by Crippen LogP contribution is -2.53. The van der Waals surface area contributed by atoms with Crippen molar-refractivity contribution in [3.05, 3.63) is 24.2 Å². The summed E-state index contributed by atoms with van der Waals surface area (Å²) in [6, 6.07) is 3.32. The average molecular weight is 390 g/mol. The number of piperazine rings is 1. The molecular weight excluding hydrogens is 365 g/mol. The number of amides is 1. The number of rotatable bonds is 7. The molecular formula is C17H25F3N4O3. The molecule has 0 spiro atoms. The lowest BCUT2D eigenvalue weighted by Gasteiger charge is -2.36. The van der Waals surface area contributed by atoms with Crippen LogP contribution in [0, 0.1) is 0 Å². The fourth-order valence-corrected chi connectivity index (χ4v) is 2.64. The quantitative estimate of drug-likeness (QED) is 0.438. The lowest BCUT2D eigenvalue weighted by molar-refractivity contribution is -0.173. The third kappa shape index (κ3) is 7.12. The summed E-state index contributed by atoms with van der Waals surface area (Å²) in [4.78, 5) is 20.5. The van der Waals surface area contributed by atoms with Crippen molar-refractivity contribution >= 4 is 11.9 Å². The maximum Gasteiger partial charge on any atom is 0.411 e. The van der Waals surface area contributed by atoms with Crippen molar-refractivity contribution in [2.45, 2.75) is 19.5 Å². The third-order valence-electron chi connectivity index (χ3n) is 3.91. The predicted molar refractivity (Wildman–Crippen MR) is 93.7 cm³/mol. The smallest absolute Gasteiger partial charge is 0.411 e. The molecule has 27 heavy (non-hydrogen) atoms. The van der Waals surface area contributed by atoms with E-state index >= 15 is 0 Å². The molecule has 1 aliphatic rings. The van der Waals surface area contributed by atoms with Crippen molar-refractivity contribution in [1.82, 2.24) is 15.1 Å². The normalized spacial score (nSPS) is 15.9. The molecule has 1 aromatic heterocycles. The van der Waals surface area contributed by atoms with Crippen LogP contribution >= 0.6 is 0 Å². The first kappa shape index (κ1) is 21.1. The van der Waals surface area contributed by atoms with E-state index in [1.807, 2.05) is 11.8 Å². The molecule has 1 amide bonds. The number of carbonyl (C=O) groups excluding carboxylic acids is 1. The SMILES string of the molecule is CCNC(=NCCCOCC(F)(F)F)N1CCN(C(=O)c2ccco2)CC1. The van der Waals surface area contributed by atoms with Crippen LogP contribution in [-0.2, 0) is 4.74 Å². The highest BCUT2D eigenvalue weighted by atomic mass is 19.4. The van der Waals surface area contributed by atoms with Gasteiger partial charge in [0, 0.05) is 45.9 Å². The van der Waals surface area contributed by atoms with Crippen molar-refractivity contribution < 1.29 is 27.1 Å². The molecule has 1 aliphatic heterocycles. The molecule has 10 heteroatoms. The summed E-state index contributed by atoms with van der Waals surface area (Å²) in [6.45, 7) is 4.07. The summed E-state index contributed by atoms with van der Waals surface area (Å²) in [5.41, 5.74) is 0. The van der Waals surface area contributed by atoms with Crippen molar-refractivity contribution in [2.75, 3.05) is 52.5 Å². The maximum atomic E-state index is 12.3. The largest absolute Gasteiger partial charge is 0.459 e. The molecule has 0 bridgehead atoms. The zero-order valence-corrected chi connectivity index (χ0v) is 15.3. The Labute approximate surface area is 156 Å². The van der Waals surface area contributed by atoms with Gasteiger partial charge in [-0.3, -0.25) is 9.79 Å². The Morgan fingerprint density at radius 2 is 2.00 bits per heavy atom. The number of alkyl halides is 3. The molecule has 0 aliphatic carbocycles. The highest BCUT2D eigenvalue weighted by Gasteiger charge is 2.27. The zero-order valence-electron chi connectivity index (χ0n) is 15.3. The molecule has 0 saturated carbocycles. The molecule has 1 aromatic rings. The van der Waals surface area contributed by atoms with Crippen LogP contribution in [0.25, 0.3) is 0 Å². The number of hydrogen-bond acceptors (Lipinski definition) is 4. The highest BCUT2D eigenvalue weighted by molar-refractivity contribution is 5.91. The Bertz CT molecular complexity index is 597. The molecule has 0 radical (unpaired) electrons. The molecule has 0 unspecified atom stereocenters. The summed E-state index contributed by atoms with van der Waals surface area (Å²) < 4.78 is 45.8. The minimum Gasteiger partial charge on any atom is -0.459 e. The molecule has 152 valence electrons. The Balaban J connectivity index is 1.77. The molecule has 2 rings (SSSR count). The van der Waals surface area contributed by atoms with E-state index in [9.17, 15) is 18.0 Å². The van der Waals surface area contributed by atoms with E-state index in [2.05, 4.69) is 15.0 Å². The zero-order chi connectivity index (χ0) is 19.7. The summed E-state index contributed by atoms with van der Waals surface area (Å²) in [6.07, 6.45) is -2.43. The Morgan fingerprint density at radius 1 is 1.30 bits per heavy atom. The van der Waals surface area contributed by atoms with Gasteiger partial charge in [-0.05, 0) is 25.5 Å². The third-order valence-corrected chi connectivity index (χ3v) is 3.91. The maximum absolute atomic E-state index is 12.3. The lowest BCUT2D eigenvalue weighted by atomic mass is 10.3. The van der Waals surface area contributed by atoms with Gasteiger partial charge < -0.3 is 24.3 Å². The standard InChI is InChI=1S/C17H25F3N4O3/c1-2-21-16(22-6-4-11-26-13-17(18,19)20)24-9-7-23(8-10-24)15(25)14-5-3-12-27-14/h3,5,12H,2,4,6-11,13H2,1H3,(H,21,22). The number of nitrogens with one attached hydrogen (secondary N) is 1. The van der Waals surface area contributed by atoms with Gasteiger partial charge in [-0.25, -0.2) is 0 Å². The molecule has 2 heterocycles. The Morgan fingerprint density at radius 3 is 2.59 bits per heavy atom. The summed E-state index contributed by atoms with van der Waals surface area (Å²) in [5.74, 6) is 0.879. The van der Waals surface area contributed by atoms with Gasteiger partial charge in [-0.2, -0.15) is 13.2 Å². The van der Waals surface area contributed by atoms with Crippen LogP contribution in [0.2, 0.25) is 0 Å². The van der Waals surface area contributed by atoms with Gasteiger partial charge in [0.25, 0.3) is 5.91 Å². The molecule has 0 atom stereocenters. The number of guanidine groups is 1. The number of aliphatic imine (C=N–C) groups is 1. The molecule has 1 fully saturated rings. The number of nitrogens with zero attached hydrogens (tertiary/aromatic N) is 3. The highest BCUT2D eigenvalue weighted by Crippen LogP contribution is 2.14. The molecule has 7 nitrogen and oxygen atoms in total. The van der Waals surface area contributed by atoms with E-state index in [0.29, 0.717) is 57.4 Å². The van der Waals surface area contributed by atoms with Crippen LogP contribution in [0.3, 0.4) is 0 Å². The van der Waals surface area contributed by atoms with E-state index in [1.54, 1.807) is 17.0 Å². The molecule has 1 N–H and O–H groups in total. The summed E-state index contributed by atoms with van der Waals surface area (Å²) in [5, 5.41) is 3.17. The second-order valence-electron chi connectivity index (χ2n) is 6.01. The Hall–Kier alpha value is -2.23. The van der Waals surface area contributed by atoms with Crippen LogP contribution < -0.4 is 5.32 Å². The number of halogens is 3. The first-order chi connectivity index (χ1) is 12.9. The fourth-order valence-electron chi connectivity index (χ4n) is 2.64. The van der Waals surface area contributed by atoms with Crippen molar-refractivity contribution in [1.29, 1.82) is 0 Å². The average Bonchev–Trinajstić information content (AvgIpc) is 3.17. The Kier molecular flexibility index (Phi) is 7.96. The fraction of sp³-hybridized carbons (Fsp3) is 0.647. The van der Waals surface area contributed by atoms with Crippen molar-refractivity contribution in [3.8, 4) is 0 Å². The van der Waals surface area contributed by atoms with Crippen molar-refractivity contribution in [2.24, 2.45) is 4.99 Å². The number of carbonyl (C=O) groups is 1. The first-order valence-electron chi connectivity index (χ1n) is 8.91. The van der Waals surface area contributed by atoms with Crippen molar-refractivity contribution in [3.63, 3.8) is 0 Å². The monoisotopic (exact) mass is 390 g/mol. The van der Waals surface area contributed by atoms with E-state index in [1.165, 1.54) is 6.26 Å². The van der Waals surface area contributed by atoms with Gasteiger partial charge >= 0.3 is 6.18 Å². The molecule has 1 saturated heterocycles. The van der Waals surface area contributed by atoms with Crippen LogP contribution in [0.5, 0.6) is 0 Å². The number of furan rings is 1. The number of ether oxygens (including phenoxy) is 1. The topological polar surface area (TPSA) is 70.3 Å². The van der Waals surface area contributed by atoms with E-state index in [-0.39, 0.29) is 12.5 Å². The van der Waals surface area contributed by atoms with Gasteiger partial charge in [0.1, 0.15) is 6.61 Å². The van der Waals surface area contributed by atoms with E-state index < -0.39 is 12.8 Å². The van der Waals surface area contributed by atoms with Gasteiger partial charge in [0.05, 0.1) is 6.26 Å². The minimum absolute atomic E-state index is 0.00778. The number of hydrogen-bond donors (Lipinski definition) is 1.